The molecule has 0 saturated carbocycles. The number of rotatable bonds is 7. The summed E-state index contributed by atoms with van der Waals surface area (Å²) in [7, 11) is 3.10. The fourth-order valence-electron chi connectivity index (χ4n) is 2.24. The van der Waals surface area contributed by atoms with E-state index in [-0.39, 0.29) is 5.57 Å². The first-order valence-corrected chi connectivity index (χ1v) is 7.99. The van der Waals surface area contributed by atoms with E-state index in [0.717, 1.165) is 0 Å². The molecule has 0 aliphatic rings. The lowest BCUT2D eigenvalue weighted by molar-refractivity contribution is -0.112. The number of nitrogens with one attached hydrogen (secondary N) is 1. The Balaban J connectivity index is 2.20. The van der Waals surface area contributed by atoms with Crippen molar-refractivity contribution >= 4 is 17.7 Å². The average molecular weight is 352 g/mol. The Labute approximate surface area is 152 Å². The highest BCUT2D eigenvalue weighted by Gasteiger charge is 2.11. The number of anilines is 1. The molecule has 2 aromatic carbocycles. The van der Waals surface area contributed by atoms with Gasteiger partial charge in [-0.25, -0.2) is 0 Å². The molecule has 1 amide bonds. The monoisotopic (exact) mass is 352 g/mol. The molecule has 6 heteroatoms. The average Bonchev–Trinajstić information content (AvgIpc) is 2.67. The molecule has 0 bridgehead atoms. The van der Waals surface area contributed by atoms with Crippen molar-refractivity contribution in [2.24, 2.45) is 0 Å². The summed E-state index contributed by atoms with van der Waals surface area (Å²) in [5.74, 6) is 1.33. The predicted octanol–water partition coefficient (Wildman–Crippen LogP) is 3.65. The summed E-state index contributed by atoms with van der Waals surface area (Å²) in [6.45, 7) is 2.39. The molecule has 0 aliphatic carbocycles. The first-order chi connectivity index (χ1) is 12.6. The summed E-state index contributed by atoms with van der Waals surface area (Å²) >= 11 is 0. The van der Waals surface area contributed by atoms with Crippen LogP contribution in [0.2, 0.25) is 0 Å². The van der Waals surface area contributed by atoms with Crippen molar-refractivity contribution in [2.75, 3.05) is 26.1 Å². The number of amides is 1. The maximum atomic E-state index is 12.3. The van der Waals surface area contributed by atoms with Crippen LogP contribution in [0.15, 0.2) is 48.0 Å². The summed E-state index contributed by atoms with van der Waals surface area (Å²) in [6.07, 6.45) is 1.50. The number of ether oxygens (including phenoxy) is 3. The highest BCUT2D eigenvalue weighted by Crippen LogP contribution is 2.29. The summed E-state index contributed by atoms with van der Waals surface area (Å²) < 4.78 is 15.8. The van der Waals surface area contributed by atoms with E-state index in [2.05, 4.69) is 5.32 Å². The van der Waals surface area contributed by atoms with Crippen LogP contribution < -0.4 is 19.5 Å². The lowest BCUT2D eigenvalue weighted by atomic mass is 10.1. The van der Waals surface area contributed by atoms with Crippen molar-refractivity contribution < 1.29 is 19.0 Å². The van der Waals surface area contributed by atoms with Crippen LogP contribution in [0.25, 0.3) is 6.08 Å². The second-order valence-electron chi connectivity index (χ2n) is 5.20. The Bertz CT molecular complexity index is 836. The molecule has 0 radical (unpaired) electrons. The highest BCUT2D eigenvalue weighted by atomic mass is 16.5. The van der Waals surface area contributed by atoms with Crippen LogP contribution in [0, 0.1) is 11.3 Å². The first kappa shape index (κ1) is 18.9. The molecular formula is C20H20N2O4. The van der Waals surface area contributed by atoms with Crippen LogP contribution in [0.5, 0.6) is 17.2 Å². The lowest BCUT2D eigenvalue weighted by Crippen LogP contribution is -2.13. The van der Waals surface area contributed by atoms with Crippen molar-refractivity contribution in [3.8, 4) is 23.3 Å². The van der Waals surface area contributed by atoms with Crippen molar-refractivity contribution in [3.05, 3.63) is 53.6 Å². The number of nitriles is 1. The smallest absolute Gasteiger partial charge is 0.266 e. The van der Waals surface area contributed by atoms with Gasteiger partial charge < -0.3 is 19.5 Å². The van der Waals surface area contributed by atoms with Gasteiger partial charge in [-0.15, -0.1) is 0 Å². The molecule has 0 aliphatic heterocycles. The van der Waals surface area contributed by atoms with Crippen molar-refractivity contribution in [1.82, 2.24) is 0 Å². The molecule has 2 rings (SSSR count). The molecule has 0 atom stereocenters. The zero-order valence-corrected chi connectivity index (χ0v) is 14.9. The third kappa shape index (κ3) is 4.77. The molecule has 0 heterocycles. The minimum Gasteiger partial charge on any atom is -0.497 e. The number of methoxy groups -OCH3 is 2. The van der Waals surface area contributed by atoms with Gasteiger partial charge in [0.2, 0.25) is 0 Å². The maximum absolute atomic E-state index is 12.3. The second-order valence-corrected chi connectivity index (χ2v) is 5.20. The summed E-state index contributed by atoms with van der Waals surface area (Å²) in [5.41, 5.74) is 1.21. The summed E-state index contributed by atoms with van der Waals surface area (Å²) in [4.78, 5) is 12.3. The van der Waals surface area contributed by atoms with Gasteiger partial charge in [0, 0.05) is 5.69 Å². The number of benzene rings is 2. The SMILES string of the molecule is CCOc1ccc(C=C(C#N)C(=O)Nc2ccc(OC)cc2)cc1OC. The van der Waals surface area contributed by atoms with Crippen LogP contribution >= 0.6 is 0 Å². The molecule has 134 valence electrons. The minimum absolute atomic E-state index is 0.0213. The largest absolute Gasteiger partial charge is 0.497 e. The van der Waals surface area contributed by atoms with Crippen LogP contribution in [-0.4, -0.2) is 26.7 Å². The standard InChI is InChI=1S/C20H20N2O4/c1-4-26-18-10-5-14(12-19(18)25-3)11-15(13-21)20(23)22-16-6-8-17(24-2)9-7-16/h5-12H,4H2,1-3H3,(H,22,23). The topological polar surface area (TPSA) is 80.6 Å². The summed E-state index contributed by atoms with van der Waals surface area (Å²) in [6, 6.07) is 14.0. The number of nitrogens with zero attached hydrogens (tertiary/aromatic N) is 1. The van der Waals surface area contributed by atoms with Gasteiger partial charge in [0.1, 0.15) is 17.4 Å². The van der Waals surface area contributed by atoms with Crippen LogP contribution in [-0.2, 0) is 4.79 Å². The van der Waals surface area contributed by atoms with Crippen LogP contribution in [0.4, 0.5) is 5.69 Å². The van der Waals surface area contributed by atoms with Gasteiger partial charge in [-0.2, -0.15) is 5.26 Å². The number of carbonyl (C=O) groups excluding carboxylic acids is 1. The third-order valence-corrected chi connectivity index (χ3v) is 3.51. The van der Waals surface area contributed by atoms with E-state index >= 15 is 0 Å². The van der Waals surface area contributed by atoms with Crippen molar-refractivity contribution in [1.29, 1.82) is 5.26 Å². The fourth-order valence-corrected chi connectivity index (χ4v) is 2.24. The van der Waals surface area contributed by atoms with Gasteiger partial charge in [-0.05, 0) is 55.0 Å². The Morgan fingerprint density at radius 3 is 2.42 bits per heavy atom. The van der Waals surface area contributed by atoms with E-state index in [1.54, 1.807) is 49.6 Å². The van der Waals surface area contributed by atoms with Gasteiger partial charge in [0.05, 0.1) is 20.8 Å². The molecule has 0 fully saturated rings. The molecular weight excluding hydrogens is 332 g/mol. The van der Waals surface area contributed by atoms with Crippen molar-refractivity contribution in [2.45, 2.75) is 6.92 Å². The Hall–Kier alpha value is -3.46. The van der Waals surface area contributed by atoms with E-state index in [1.807, 2.05) is 13.0 Å². The normalized spacial score (nSPS) is 10.6. The predicted molar refractivity (Wildman–Crippen MR) is 99.4 cm³/mol. The number of hydrogen-bond acceptors (Lipinski definition) is 5. The van der Waals surface area contributed by atoms with Gasteiger partial charge in [-0.1, -0.05) is 6.07 Å². The third-order valence-electron chi connectivity index (χ3n) is 3.51. The van der Waals surface area contributed by atoms with E-state index in [4.69, 9.17) is 14.2 Å². The Morgan fingerprint density at radius 2 is 1.85 bits per heavy atom. The lowest BCUT2D eigenvalue weighted by Gasteiger charge is -2.10. The molecule has 0 unspecified atom stereocenters. The van der Waals surface area contributed by atoms with Crippen LogP contribution in [0.1, 0.15) is 12.5 Å². The highest BCUT2D eigenvalue weighted by molar-refractivity contribution is 6.09. The zero-order chi connectivity index (χ0) is 18.9. The van der Waals surface area contributed by atoms with E-state index < -0.39 is 5.91 Å². The van der Waals surface area contributed by atoms with Gasteiger partial charge in [-0.3, -0.25) is 4.79 Å². The van der Waals surface area contributed by atoms with Gasteiger partial charge in [0.15, 0.2) is 11.5 Å². The number of hydrogen-bond donors (Lipinski definition) is 1. The Morgan fingerprint density at radius 1 is 1.12 bits per heavy atom. The Kier molecular flexibility index (Phi) is 6.63. The molecule has 0 saturated heterocycles. The number of carbonyl (C=O) groups is 1. The molecule has 0 spiro atoms. The molecule has 6 nitrogen and oxygen atoms in total. The molecule has 26 heavy (non-hydrogen) atoms. The van der Waals surface area contributed by atoms with E-state index in [9.17, 15) is 10.1 Å². The molecule has 0 aromatic heterocycles. The van der Waals surface area contributed by atoms with E-state index in [1.165, 1.54) is 13.2 Å². The van der Waals surface area contributed by atoms with Gasteiger partial charge >= 0.3 is 0 Å². The van der Waals surface area contributed by atoms with Gasteiger partial charge in [0.25, 0.3) is 5.91 Å². The first-order valence-electron chi connectivity index (χ1n) is 7.99. The van der Waals surface area contributed by atoms with Crippen molar-refractivity contribution in [3.63, 3.8) is 0 Å². The second kappa shape index (κ2) is 9.14. The fraction of sp³-hybridized carbons (Fsp3) is 0.200. The maximum Gasteiger partial charge on any atom is 0.266 e. The van der Waals surface area contributed by atoms with Crippen LogP contribution in [0.3, 0.4) is 0 Å². The van der Waals surface area contributed by atoms with E-state index in [0.29, 0.717) is 35.1 Å². The summed E-state index contributed by atoms with van der Waals surface area (Å²) in [5, 5.41) is 12.0. The molecule has 2 aromatic rings. The molecule has 1 N–H and O–H groups in total. The zero-order valence-electron chi connectivity index (χ0n) is 14.9. The minimum atomic E-state index is -0.495. The quantitative estimate of drug-likeness (QED) is 0.608.